The Labute approximate surface area is 123 Å². The number of methoxy groups -OCH3 is 1. The number of hydrogen-bond acceptors (Lipinski definition) is 4. The van der Waals surface area contributed by atoms with Crippen LogP contribution in [0.4, 0.5) is 5.69 Å². The highest BCUT2D eigenvalue weighted by atomic mass is 16.5. The number of piperazine rings is 1. The van der Waals surface area contributed by atoms with Gasteiger partial charge in [0.05, 0.1) is 24.8 Å². The Balaban J connectivity index is 2.24. The molecule has 0 radical (unpaired) electrons. The van der Waals surface area contributed by atoms with E-state index in [2.05, 4.69) is 15.9 Å². The standard InChI is InChI=1S/C15H19N4O2/c1-8-5-9-6-10-15(20)18(2)7-11(19(10)3)12(9)13(17-16)14(8)21-4/h5,10-11H,6-7H2,1-4H3/q+1/t10-,11-/m0/s1. The van der Waals surface area contributed by atoms with Crippen LogP contribution in [0.3, 0.4) is 0 Å². The van der Waals surface area contributed by atoms with E-state index in [4.69, 9.17) is 4.74 Å². The van der Waals surface area contributed by atoms with E-state index in [-0.39, 0.29) is 18.0 Å². The van der Waals surface area contributed by atoms with E-state index in [0.717, 1.165) is 16.7 Å². The van der Waals surface area contributed by atoms with Crippen LogP contribution in [0, 0.1) is 12.3 Å². The van der Waals surface area contributed by atoms with Gasteiger partial charge < -0.3 is 9.64 Å². The van der Waals surface area contributed by atoms with E-state index >= 15 is 0 Å². The molecule has 21 heavy (non-hydrogen) atoms. The van der Waals surface area contributed by atoms with Crippen molar-refractivity contribution in [3.05, 3.63) is 27.7 Å². The number of nitrogens with zero attached hydrogens (tertiary/aromatic N) is 4. The maximum atomic E-state index is 12.3. The monoisotopic (exact) mass is 287 g/mol. The Morgan fingerprint density at radius 3 is 2.71 bits per heavy atom. The molecule has 1 saturated heterocycles. The number of rotatable bonds is 1. The summed E-state index contributed by atoms with van der Waals surface area (Å²) in [5.74, 6) is 0.748. The number of carbonyl (C=O) groups is 1. The summed E-state index contributed by atoms with van der Waals surface area (Å²) in [5, 5.41) is 9.48. The molecule has 1 amide bonds. The number of ether oxygens (including phenoxy) is 1. The van der Waals surface area contributed by atoms with Crippen molar-refractivity contribution in [2.45, 2.75) is 25.4 Å². The molecule has 1 fully saturated rings. The summed E-state index contributed by atoms with van der Waals surface area (Å²) in [6.07, 6.45) is 0.638. The minimum absolute atomic E-state index is 0.0295. The van der Waals surface area contributed by atoms with E-state index < -0.39 is 0 Å². The quantitative estimate of drug-likeness (QED) is 0.740. The molecule has 0 unspecified atom stereocenters. The summed E-state index contributed by atoms with van der Waals surface area (Å²) in [5.41, 5.74) is 3.46. The first-order chi connectivity index (χ1) is 9.99. The van der Waals surface area contributed by atoms with Crippen molar-refractivity contribution in [3.63, 3.8) is 0 Å². The van der Waals surface area contributed by atoms with Gasteiger partial charge in [0.2, 0.25) is 17.0 Å². The fraction of sp³-hybridized carbons (Fsp3) is 0.533. The van der Waals surface area contributed by atoms with Crippen LogP contribution in [-0.4, -0.2) is 49.5 Å². The van der Waals surface area contributed by atoms with Crippen molar-refractivity contribution >= 4 is 11.6 Å². The number of benzene rings is 1. The van der Waals surface area contributed by atoms with Gasteiger partial charge in [0, 0.05) is 13.6 Å². The maximum absolute atomic E-state index is 12.3. The molecule has 2 aliphatic heterocycles. The lowest BCUT2D eigenvalue weighted by molar-refractivity contribution is -0.143. The van der Waals surface area contributed by atoms with Crippen LogP contribution in [0.5, 0.6) is 5.75 Å². The summed E-state index contributed by atoms with van der Waals surface area (Å²) in [4.78, 5) is 19.6. The zero-order chi connectivity index (χ0) is 15.3. The van der Waals surface area contributed by atoms with Gasteiger partial charge in [-0.25, -0.2) is 0 Å². The van der Waals surface area contributed by atoms with Crippen LogP contribution >= 0.6 is 0 Å². The minimum atomic E-state index is -0.138. The molecule has 0 aromatic heterocycles. The first-order valence-electron chi connectivity index (χ1n) is 7.02. The molecular weight excluding hydrogens is 268 g/mol. The number of likely N-dealkylation sites (N-methyl/N-ethyl adjacent to an activating group) is 2. The molecule has 0 saturated carbocycles. The predicted octanol–water partition coefficient (Wildman–Crippen LogP) is 1.86. The van der Waals surface area contributed by atoms with E-state index in [1.54, 1.807) is 12.0 Å². The first kappa shape index (κ1) is 13.8. The average molecular weight is 287 g/mol. The molecule has 1 aromatic rings. The molecule has 2 heterocycles. The van der Waals surface area contributed by atoms with Crippen LogP contribution in [0.1, 0.15) is 22.7 Å². The van der Waals surface area contributed by atoms with Crippen LogP contribution in [0.15, 0.2) is 6.07 Å². The van der Waals surface area contributed by atoms with Gasteiger partial charge in [0.1, 0.15) is 0 Å². The van der Waals surface area contributed by atoms with Crippen LogP contribution in [-0.2, 0) is 11.2 Å². The molecule has 3 rings (SSSR count). The van der Waals surface area contributed by atoms with Gasteiger partial charge >= 0.3 is 5.69 Å². The molecule has 0 spiro atoms. The Morgan fingerprint density at radius 1 is 1.38 bits per heavy atom. The number of diazo groups is 1. The Bertz CT molecular complexity index is 665. The molecule has 1 aromatic carbocycles. The van der Waals surface area contributed by atoms with Crippen molar-refractivity contribution < 1.29 is 9.53 Å². The largest absolute Gasteiger partial charge is 0.489 e. The van der Waals surface area contributed by atoms with Gasteiger partial charge in [0.15, 0.2) is 4.98 Å². The van der Waals surface area contributed by atoms with Gasteiger partial charge in [-0.1, -0.05) is 6.07 Å². The fourth-order valence-corrected chi connectivity index (χ4v) is 3.62. The third-order valence-corrected chi connectivity index (χ3v) is 4.71. The lowest BCUT2D eigenvalue weighted by Crippen LogP contribution is -2.58. The number of amides is 1. The van der Waals surface area contributed by atoms with Crippen LogP contribution < -0.4 is 4.74 Å². The van der Waals surface area contributed by atoms with Gasteiger partial charge in [-0.3, -0.25) is 9.69 Å². The molecular formula is C15H19N4O2+. The Morgan fingerprint density at radius 2 is 2.10 bits per heavy atom. The molecule has 2 aliphatic rings. The summed E-state index contributed by atoms with van der Waals surface area (Å²) in [7, 11) is 5.35. The van der Waals surface area contributed by atoms with Gasteiger partial charge in [-0.2, -0.15) is 0 Å². The highest BCUT2D eigenvalue weighted by Crippen LogP contribution is 2.46. The molecule has 110 valence electrons. The summed E-state index contributed by atoms with van der Waals surface area (Å²) in [6.45, 7) is 2.52. The normalized spacial score (nSPS) is 24.5. The second-order valence-corrected chi connectivity index (χ2v) is 5.87. The first-order valence-corrected chi connectivity index (χ1v) is 7.02. The number of aryl methyl sites for hydroxylation is 1. The third-order valence-electron chi connectivity index (χ3n) is 4.71. The lowest BCUT2D eigenvalue weighted by Gasteiger charge is -2.46. The zero-order valence-corrected chi connectivity index (χ0v) is 12.8. The van der Waals surface area contributed by atoms with Gasteiger partial charge in [-0.05, 0) is 31.5 Å². The van der Waals surface area contributed by atoms with Crippen molar-refractivity contribution in [2.75, 3.05) is 27.7 Å². The Hall–Kier alpha value is -2.13. The van der Waals surface area contributed by atoms with Crippen LogP contribution in [0.2, 0.25) is 0 Å². The van der Waals surface area contributed by atoms with E-state index in [0.29, 0.717) is 24.4 Å². The van der Waals surface area contributed by atoms with E-state index in [1.165, 1.54) is 0 Å². The topological polar surface area (TPSA) is 60.9 Å². The smallest absolute Gasteiger partial charge is 0.431 e. The fourth-order valence-electron chi connectivity index (χ4n) is 3.62. The van der Waals surface area contributed by atoms with Crippen molar-refractivity contribution in [1.29, 1.82) is 5.39 Å². The molecule has 2 atom stereocenters. The molecule has 0 aliphatic carbocycles. The SMILES string of the molecule is COc1c(C)cc2c(c1[N+]#N)[C@@H]1CN(C)C(=O)[C@H](C2)N1C. The lowest BCUT2D eigenvalue weighted by atomic mass is 9.83. The Kier molecular flexibility index (Phi) is 3.10. The van der Waals surface area contributed by atoms with E-state index in [9.17, 15) is 10.2 Å². The summed E-state index contributed by atoms with van der Waals surface area (Å²) in [6, 6.07) is 1.94. The van der Waals surface area contributed by atoms with Gasteiger partial charge in [0.25, 0.3) is 0 Å². The maximum Gasteiger partial charge on any atom is 0.431 e. The third kappa shape index (κ3) is 1.81. The minimum Gasteiger partial charge on any atom is -0.489 e. The summed E-state index contributed by atoms with van der Waals surface area (Å²) >= 11 is 0. The second-order valence-electron chi connectivity index (χ2n) is 5.87. The average Bonchev–Trinajstić information content (AvgIpc) is 2.46. The zero-order valence-electron chi connectivity index (χ0n) is 12.8. The molecule has 2 bridgehead atoms. The number of hydrogen-bond donors (Lipinski definition) is 0. The predicted molar refractivity (Wildman–Crippen MR) is 78.1 cm³/mol. The van der Waals surface area contributed by atoms with Crippen molar-refractivity contribution in [1.82, 2.24) is 9.80 Å². The number of fused-ring (bicyclic) bond motifs is 4. The van der Waals surface area contributed by atoms with Crippen molar-refractivity contribution in [2.24, 2.45) is 0 Å². The van der Waals surface area contributed by atoms with Gasteiger partial charge in [-0.15, -0.1) is 0 Å². The van der Waals surface area contributed by atoms with E-state index in [1.807, 2.05) is 21.0 Å². The summed E-state index contributed by atoms with van der Waals surface area (Å²) < 4.78 is 5.40. The molecule has 0 N–H and O–H groups in total. The highest BCUT2D eigenvalue weighted by Gasteiger charge is 2.47. The van der Waals surface area contributed by atoms with Crippen molar-refractivity contribution in [3.8, 4) is 5.75 Å². The molecule has 6 heteroatoms. The second kappa shape index (κ2) is 4.71. The number of carbonyl (C=O) groups excluding carboxylic acids is 1. The highest BCUT2D eigenvalue weighted by molar-refractivity contribution is 5.85. The molecule has 6 nitrogen and oxygen atoms in total. The van der Waals surface area contributed by atoms with Crippen LogP contribution in [0.25, 0.3) is 4.98 Å².